The van der Waals surface area contributed by atoms with Crippen LogP contribution in [0.3, 0.4) is 0 Å². The molecular weight excluding hydrogens is 142 g/mol. The number of carbonyl (C=O) groups excluding carboxylic acids is 1. The fourth-order valence-electron chi connectivity index (χ4n) is 0.429. The zero-order valence-electron chi connectivity index (χ0n) is 4.07. The van der Waals surface area contributed by atoms with Gasteiger partial charge in [-0.05, 0) is 0 Å². The summed E-state index contributed by atoms with van der Waals surface area (Å²) >= 11 is 5.18. The molecule has 0 aromatic heterocycles. The largest absolute Gasteiger partial charge is 0.285 e. The number of thiol groups is 1. The van der Waals surface area contributed by atoms with Crippen molar-refractivity contribution in [3.63, 3.8) is 0 Å². The Morgan fingerprint density at radius 3 is 3.00 bits per heavy atom. The second-order valence-electron chi connectivity index (χ2n) is 1.44. The first-order valence-corrected chi connectivity index (χ1v) is 3.66. The highest BCUT2D eigenvalue weighted by Crippen LogP contribution is 2.12. The molecule has 0 aromatic rings. The van der Waals surface area contributed by atoms with E-state index >= 15 is 0 Å². The second-order valence-corrected chi connectivity index (χ2v) is 2.76. The van der Waals surface area contributed by atoms with Gasteiger partial charge in [0, 0.05) is 5.75 Å². The van der Waals surface area contributed by atoms with E-state index in [1.54, 1.807) is 17.3 Å². The molecule has 0 spiro atoms. The summed E-state index contributed by atoms with van der Waals surface area (Å²) in [7, 11) is 0. The van der Waals surface area contributed by atoms with Gasteiger partial charge in [0.25, 0.3) is 0 Å². The molecule has 0 fully saturated rings. The van der Waals surface area contributed by atoms with Gasteiger partial charge in [-0.1, -0.05) is 0 Å². The van der Waals surface area contributed by atoms with E-state index in [0.717, 1.165) is 5.75 Å². The van der Waals surface area contributed by atoms with Crippen LogP contribution in [-0.4, -0.2) is 22.5 Å². The molecule has 1 atom stereocenters. The molecular formula is C4H5NOS2. The summed E-state index contributed by atoms with van der Waals surface area (Å²) in [4.78, 5) is 14.2. The van der Waals surface area contributed by atoms with Crippen molar-refractivity contribution in [2.24, 2.45) is 4.99 Å². The quantitative estimate of drug-likeness (QED) is 0.550. The normalized spacial score (nSPS) is 26.4. The van der Waals surface area contributed by atoms with E-state index in [-0.39, 0.29) is 11.2 Å². The number of nitrogens with zero attached hydrogens (tertiary/aromatic N) is 1. The van der Waals surface area contributed by atoms with Crippen LogP contribution in [0, 0.1) is 0 Å². The topological polar surface area (TPSA) is 29.4 Å². The summed E-state index contributed by atoms with van der Waals surface area (Å²) in [5.74, 6) is 0.766. The molecule has 1 heterocycles. The minimum absolute atomic E-state index is 0.133. The van der Waals surface area contributed by atoms with Crippen LogP contribution in [0.5, 0.6) is 0 Å². The molecule has 0 saturated heterocycles. The summed E-state index contributed by atoms with van der Waals surface area (Å²) < 4.78 is 0. The van der Waals surface area contributed by atoms with Crippen LogP contribution in [0.2, 0.25) is 0 Å². The van der Waals surface area contributed by atoms with Crippen LogP contribution in [-0.2, 0) is 4.79 Å². The van der Waals surface area contributed by atoms with Gasteiger partial charge in [-0.2, -0.15) is 0 Å². The molecule has 1 rings (SSSR count). The molecule has 4 heteroatoms. The van der Waals surface area contributed by atoms with Crippen LogP contribution in [0.15, 0.2) is 4.99 Å². The first kappa shape index (κ1) is 6.16. The molecule has 1 unspecified atom stereocenters. The van der Waals surface area contributed by atoms with Crippen LogP contribution >= 0.6 is 24.4 Å². The average molecular weight is 147 g/mol. The third-order valence-corrected chi connectivity index (χ3v) is 1.93. The molecule has 2 nitrogen and oxygen atoms in total. The number of rotatable bonds is 1. The maximum atomic E-state index is 10.4. The minimum Gasteiger partial charge on any atom is -0.285 e. The van der Waals surface area contributed by atoms with Crippen molar-refractivity contribution in [1.82, 2.24) is 0 Å². The molecule has 44 valence electrons. The lowest BCUT2D eigenvalue weighted by molar-refractivity contribution is -0.111. The number of thioether (sulfide) groups is 1. The van der Waals surface area contributed by atoms with E-state index < -0.39 is 0 Å². The van der Waals surface area contributed by atoms with E-state index in [1.807, 2.05) is 0 Å². The maximum absolute atomic E-state index is 10.4. The van der Waals surface area contributed by atoms with Gasteiger partial charge in [-0.15, -0.1) is 24.4 Å². The Bertz CT molecular complexity index is 134. The fourth-order valence-corrected chi connectivity index (χ4v) is 1.45. The zero-order valence-corrected chi connectivity index (χ0v) is 5.78. The molecule has 0 bridgehead atoms. The van der Waals surface area contributed by atoms with Gasteiger partial charge in [0.05, 0.1) is 5.55 Å². The van der Waals surface area contributed by atoms with Crippen molar-refractivity contribution >= 4 is 35.1 Å². The highest BCUT2D eigenvalue weighted by Gasteiger charge is 2.15. The summed E-state index contributed by atoms with van der Waals surface area (Å²) in [5.41, 5.74) is 1.69. The maximum Gasteiger partial charge on any atom is 0.211 e. The monoisotopic (exact) mass is 147 g/mol. The summed E-state index contributed by atoms with van der Waals surface area (Å²) in [6.45, 7) is 0. The minimum atomic E-state index is -0.177. The lowest BCUT2D eigenvalue weighted by Gasteiger charge is -1.94. The fraction of sp³-hybridized carbons (Fsp3) is 0.500. The average Bonchev–Trinajstić information content (AvgIpc) is 2.12. The standard InChI is InChI=1S/C4H5NOS2/c6-4(7)3-1-8-2-5-3/h2-3H,1H2,(H,6,7). The van der Waals surface area contributed by atoms with Gasteiger partial charge in [-0.3, -0.25) is 9.79 Å². The molecule has 0 radical (unpaired) electrons. The Morgan fingerprint density at radius 2 is 2.75 bits per heavy atom. The molecule has 0 saturated carbocycles. The first-order chi connectivity index (χ1) is 3.80. The van der Waals surface area contributed by atoms with Crippen molar-refractivity contribution in [1.29, 1.82) is 0 Å². The summed E-state index contributed by atoms with van der Waals surface area (Å²) in [6.07, 6.45) is 0. The molecule has 0 aliphatic carbocycles. The lowest BCUT2D eigenvalue weighted by atomic mass is 10.4. The van der Waals surface area contributed by atoms with E-state index in [4.69, 9.17) is 0 Å². The number of aliphatic imine (C=N–C) groups is 1. The van der Waals surface area contributed by atoms with Crippen LogP contribution < -0.4 is 0 Å². The van der Waals surface area contributed by atoms with Gasteiger partial charge in [0.2, 0.25) is 5.12 Å². The summed E-state index contributed by atoms with van der Waals surface area (Å²) in [6, 6.07) is -0.177. The smallest absolute Gasteiger partial charge is 0.211 e. The van der Waals surface area contributed by atoms with E-state index in [1.165, 1.54) is 0 Å². The van der Waals surface area contributed by atoms with Crippen LogP contribution in [0.25, 0.3) is 0 Å². The van der Waals surface area contributed by atoms with Crippen LogP contribution in [0.4, 0.5) is 0 Å². The second kappa shape index (κ2) is 2.55. The number of carbonyl (C=O) groups is 1. The highest BCUT2D eigenvalue weighted by atomic mass is 32.2. The third-order valence-electron chi connectivity index (χ3n) is 0.854. The van der Waals surface area contributed by atoms with Gasteiger partial charge >= 0.3 is 0 Å². The Hall–Kier alpha value is 0.0400. The SMILES string of the molecule is O=C(S)C1CSC=N1. The Balaban J connectivity index is 2.48. The Kier molecular flexibility index (Phi) is 1.96. The van der Waals surface area contributed by atoms with Crippen molar-refractivity contribution in [3.8, 4) is 0 Å². The predicted molar refractivity (Wildman–Crippen MR) is 38.7 cm³/mol. The molecule has 0 N–H and O–H groups in total. The number of hydrogen-bond acceptors (Lipinski definition) is 3. The van der Waals surface area contributed by atoms with E-state index in [2.05, 4.69) is 17.6 Å². The van der Waals surface area contributed by atoms with E-state index in [0.29, 0.717) is 0 Å². The third kappa shape index (κ3) is 1.26. The van der Waals surface area contributed by atoms with Crippen LogP contribution in [0.1, 0.15) is 0 Å². The Morgan fingerprint density at radius 1 is 2.00 bits per heavy atom. The van der Waals surface area contributed by atoms with Gasteiger partial charge in [0.15, 0.2) is 0 Å². The molecule has 8 heavy (non-hydrogen) atoms. The lowest BCUT2D eigenvalue weighted by Crippen LogP contribution is -2.11. The van der Waals surface area contributed by atoms with E-state index in [9.17, 15) is 4.79 Å². The zero-order chi connectivity index (χ0) is 5.98. The molecule has 1 aliphatic heterocycles. The van der Waals surface area contributed by atoms with Crippen molar-refractivity contribution in [3.05, 3.63) is 0 Å². The molecule has 0 aromatic carbocycles. The van der Waals surface area contributed by atoms with Gasteiger partial charge < -0.3 is 0 Å². The van der Waals surface area contributed by atoms with Gasteiger partial charge in [0.1, 0.15) is 6.04 Å². The molecule has 1 aliphatic rings. The summed E-state index contributed by atoms with van der Waals surface area (Å²) in [5, 5.41) is -0.133. The van der Waals surface area contributed by atoms with Crippen molar-refractivity contribution < 1.29 is 4.79 Å². The van der Waals surface area contributed by atoms with Gasteiger partial charge in [-0.25, -0.2) is 0 Å². The predicted octanol–water partition coefficient (Wildman–Crippen LogP) is 0.587. The Labute approximate surface area is 57.2 Å². The molecule has 0 amide bonds. The first-order valence-electron chi connectivity index (χ1n) is 2.17. The van der Waals surface area contributed by atoms with Crippen molar-refractivity contribution in [2.75, 3.05) is 5.75 Å². The number of hydrogen-bond donors (Lipinski definition) is 1. The highest BCUT2D eigenvalue weighted by molar-refractivity contribution is 8.12. The van der Waals surface area contributed by atoms with Crippen molar-refractivity contribution in [2.45, 2.75) is 6.04 Å².